The molecular formula is C12H15F2NO2S. The zero-order valence-electron chi connectivity index (χ0n) is 10.1. The van der Waals surface area contributed by atoms with Gasteiger partial charge in [0.05, 0.1) is 11.9 Å². The van der Waals surface area contributed by atoms with E-state index in [1.165, 1.54) is 17.8 Å². The van der Waals surface area contributed by atoms with E-state index < -0.39 is 29.3 Å². The van der Waals surface area contributed by atoms with Crippen molar-refractivity contribution in [2.75, 3.05) is 11.1 Å². The highest BCUT2D eigenvalue weighted by Gasteiger charge is 2.14. The van der Waals surface area contributed by atoms with Crippen molar-refractivity contribution >= 4 is 23.4 Å². The molecule has 0 bridgehead atoms. The SMILES string of the molecule is CC(O)C(C)SCC(=O)Nc1c(F)cccc1F. The Morgan fingerprint density at radius 1 is 1.39 bits per heavy atom. The number of amides is 1. The molecule has 0 aliphatic heterocycles. The molecule has 1 amide bonds. The maximum atomic E-state index is 13.2. The molecule has 0 heterocycles. The third kappa shape index (κ3) is 4.27. The predicted molar refractivity (Wildman–Crippen MR) is 68.6 cm³/mol. The van der Waals surface area contributed by atoms with Gasteiger partial charge in [-0.2, -0.15) is 0 Å². The molecule has 3 nitrogen and oxygen atoms in total. The minimum Gasteiger partial charge on any atom is -0.392 e. The van der Waals surface area contributed by atoms with Crippen LogP contribution in [-0.2, 0) is 4.79 Å². The van der Waals surface area contributed by atoms with E-state index in [1.54, 1.807) is 13.8 Å². The summed E-state index contributed by atoms with van der Waals surface area (Å²) in [6.45, 7) is 3.39. The van der Waals surface area contributed by atoms with Gasteiger partial charge >= 0.3 is 0 Å². The van der Waals surface area contributed by atoms with Crippen molar-refractivity contribution in [3.8, 4) is 0 Å². The topological polar surface area (TPSA) is 49.3 Å². The summed E-state index contributed by atoms with van der Waals surface area (Å²) in [5, 5.41) is 11.3. The summed E-state index contributed by atoms with van der Waals surface area (Å²) in [7, 11) is 0. The molecule has 100 valence electrons. The summed E-state index contributed by atoms with van der Waals surface area (Å²) in [6, 6.07) is 3.37. The molecule has 2 unspecified atom stereocenters. The fourth-order valence-electron chi connectivity index (χ4n) is 1.14. The number of aliphatic hydroxyl groups is 1. The normalized spacial score (nSPS) is 14.1. The lowest BCUT2D eigenvalue weighted by Crippen LogP contribution is -2.21. The Hall–Kier alpha value is -1.14. The molecule has 0 spiro atoms. The fraction of sp³-hybridized carbons (Fsp3) is 0.417. The molecule has 2 atom stereocenters. The number of halogens is 2. The average Bonchev–Trinajstić information content (AvgIpc) is 2.30. The first-order valence-electron chi connectivity index (χ1n) is 5.45. The smallest absolute Gasteiger partial charge is 0.234 e. The van der Waals surface area contributed by atoms with E-state index >= 15 is 0 Å². The van der Waals surface area contributed by atoms with Crippen molar-refractivity contribution in [2.24, 2.45) is 0 Å². The lowest BCUT2D eigenvalue weighted by atomic mass is 10.3. The highest BCUT2D eigenvalue weighted by Crippen LogP contribution is 2.19. The van der Waals surface area contributed by atoms with Gasteiger partial charge in [0.15, 0.2) is 0 Å². The molecular weight excluding hydrogens is 260 g/mol. The monoisotopic (exact) mass is 275 g/mol. The van der Waals surface area contributed by atoms with E-state index in [0.29, 0.717) is 0 Å². The van der Waals surface area contributed by atoms with Gasteiger partial charge in [0, 0.05) is 5.25 Å². The van der Waals surface area contributed by atoms with Gasteiger partial charge in [0.2, 0.25) is 5.91 Å². The van der Waals surface area contributed by atoms with Crippen LogP contribution in [0.1, 0.15) is 13.8 Å². The van der Waals surface area contributed by atoms with Gasteiger partial charge < -0.3 is 10.4 Å². The molecule has 0 aliphatic rings. The van der Waals surface area contributed by atoms with E-state index in [1.807, 2.05) is 0 Å². The summed E-state index contributed by atoms with van der Waals surface area (Å²) in [5.74, 6) is -2.09. The highest BCUT2D eigenvalue weighted by atomic mass is 32.2. The predicted octanol–water partition coefficient (Wildman–Crippen LogP) is 2.41. The molecule has 0 aliphatic carbocycles. The Balaban J connectivity index is 2.55. The lowest BCUT2D eigenvalue weighted by Gasteiger charge is -2.14. The fourth-order valence-corrected chi connectivity index (χ4v) is 1.90. The first kappa shape index (κ1) is 14.9. The number of rotatable bonds is 5. The molecule has 6 heteroatoms. The Kier molecular flexibility index (Phi) is 5.55. The van der Waals surface area contributed by atoms with E-state index in [4.69, 9.17) is 0 Å². The average molecular weight is 275 g/mol. The Bertz CT molecular complexity index is 406. The minimum atomic E-state index is -0.808. The number of hydrogen-bond donors (Lipinski definition) is 2. The largest absolute Gasteiger partial charge is 0.392 e. The number of aliphatic hydroxyl groups excluding tert-OH is 1. The summed E-state index contributed by atoms with van der Waals surface area (Å²) >= 11 is 1.22. The number of anilines is 1. The first-order valence-corrected chi connectivity index (χ1v) is 6.50. The summed E-state index contributed by atoms with van der Waals surface area (Å²) in [5.41, 5.74) is -0.437. The Morgan fingerprint density at radius 2 is 1.94 bits per heavy atom. The van der Waals surface area contributed by atoms with E-state index in [0.717, 1.165) is 12.1 Å². The van der Waals surface area contributed by atoms with Gasteiger partial charge in [0.1, 0.15) is 17.3 Å². The molecule has 2 N–H and O–H groups in total. The van der Waals surface area contributed by atoms with Crippen molar-refractivity contribution in [3.63, 3.8) is 0 Å². The summed E-state index contributed by atoms with van der Waals surface area (Å²) in [6.07, 6.45) is -0.548. The van der Waals surface area contributed by atoms with E-state index in [9.17, 15) is 18.7 Å². The van der Waals surface area contributed by atoms with Crippen LogP contribution in [0.4, 0.5) is 14.5 Å². The number of nitrogens with one attached hydrogen (secondary N) is 1. The maximum Gasteiger partial charge on any atom is 0.234 e. The number of benzene rings is 1. The van der Waals surface area contributed by atoms with Gasteiger partial charge in [-0.05, 0) is 19.1 Å². The quantitative estimate of drug-likeness (QED) is 0.867. The van der Waals surface area contributed by atoms with Crippen LogP contribution in [0.2, 0.25) is 0 Å². The van der Waals surface area contributed by atoms with E-state index in [2.05, 4.69) is 5.32 Å². The molecule has 0 saturated carbocycles. The van der Waals surface area contributed by atoms with Crippen LogP contribution in [0.3, 0.4) is 0 Å². The molecule has 0 saturated heterocycles. The molecule has 1 aromatic carbocycles. The van der Waals surface area contributed by atoms with Gasteiger partial charge in [-0.15, -0.1) is 11.8 Å². The van der Waals surface area contributed by atoms with Crippen LogP contribution in [0.25, 0.3) is 0 Å². The van der Waals surface area contributed by atoms with Crippen molar-refractivity contribution in [2.45, 2.75) is 25.2 Å². The third-order valence-corrected chi connectivity index (χ3v) is 3.73. The van der Waals surface area contributed by atoms with Crippen molar-refractivity contribution in [1.29, 1.82) is 0 Å². The molecule has 1 rings (SSSR count). The molecule has 0 fully saturated rings. The molecule has 1 aromatic rings. The summed E-state index contributed by atoms with van der Waals surface area (Å²) in [4.78, 5) is 11.5. The number of carbonyl (C=O) groups is 1. The summed E-state index contributed by atoms with van der Waals surface area (Å²) < 4.78 is 26.5. The number of para-hydroxylation sites is 1. The molecule has 18 heavy (non-hydrogen) atoms. The first-order chi connectivity index (χ1) is 8.41. The van der Waals surface area contributed by atoms with Crippen LogP contribution in [0.15, 0.2) is 18.2 Å². The van der Waals surface area contributed by atoms with Crippen molar-refractivity contribution in [1.82, 2.24) is 0 Å². The van der Waals surface area contributed by atoms with Crippen molar-refractivity contribution < 1.29 is 18.7 Å². The van der Waals surface area contributed by atoms with E-state index in [-0.39, 0.29) is 11.0 Å². The van der Waals surface area contributed by atoms with Gasteiger partial charge in [-0.1, -0.05) is 13.0 Å². The minimum absolute atomic E-state index is 0.0276. The number of thioether (sulfide) groups is 1. The second kappa shape index (κ2) is 6.70. The van der Waals surface area contributed by atoms with Crippen LogP contribution in [0.5, 0.6) is 0 Å². The third-order valence-electron chi connectivity index (χ3n) is 2.38. The Labute approximate surface area is 109 Å². The Morgan fingerprint density at radius 3 is 2.44 bits per heavy atom. The zero-order chi connectivity index (χ0) is 13.7. The van der Waals surface area contributed by atoms with Gasteiger partial charge in [-0.3, -0.25) is 4.79 Å². The number of hydrogen-bond acceptors (Lipinski definition) is 3. The number of carbonyl (C=O) groups excluding carboxylic acids is 1. The van der Waals surface area contributed by atoms with Gasteiger partial charge in [-0.25, -0.2) is 8.78 Å². The molecule has 0 aromatic heterocycles. The lowest BCUT2D eigenvalue weighted by molar-refractivity contribution is -0.113. The van der Waals surface area contributed by atoms with Crippen LogP contribution in [0, 0.1) is 11.6 Å². The highest BCUT2D eigenvalue weighted by molar-refractivity contribution is 8.00. The van der Waals surface area contributed by atoms with Gasteiger partial charge in [0.25, 0.3) is 0 Å². The second-order valence-electron chi connectivity index (χ2n) is 3.90. The van der Waals surface area contributed by atoms with Crippen LogP contribution >= 0.6 is 11.8 Å². The second-order valence-corrected chi connectivity index (χ2v) is 5.27. The zero-order valence-corrected chi connectivity index (χ0v) is 10.9. The van der Waals surface area contributed by atoms with Crippen LogP contribution < -0.4 is 5.32 Å². The maximum absolute atomic E-state index is 13.2. The van der Waals surface area contributed by atoms with Crippen LogP contribution in [-0.4, -0.2) is 28.1 Å². The van der Waals surface area contributed by atoms with Crippen molar-refractivity contribution in [3.05, 3.63) is 29.8 Å². The standard InChI is InChI=1S/C12H15F2NO2S/c1-7(16)8(2)18-6-11(17)15-12-9(13)4-3-5-10(12)14/h3-5,7-8,16H,6H2,1-2H3,(H,15,17). The molecule has 0 radical (unpaired) electrons.